The summed E-state index contributed by atoms with van der Waals surface area (Å²) in [6, 6.07) is 11.9. The van der Waals surface area contributed by atoms with Gasteiger partial charge in [-0.2, -0.15) is 0 Å². The highest BCUT2D eigenvalue weighted by Crippen LogP contribution is 2.37. The van der Waals surface area contributed by atoms with E-state index in [9.17, 15) is 23.0 Å². The van der Waals surface area contributed by atoms with Gasteiger partial charge in [0.05, 0.1) is 32.2 Å². The molecule has 0 saturated carbocycles. The molecule has 12 heteroatoms. The Morgan fingerprint density at radius 3 is 2.34 bits per heavy atom. The fourth-order valence-corrected chi connectivity index (χ4v) is 5.52. The number of methoxy groups -OCH3 is 2. The summed E-state index contributed by atoms with van der Waals surface area (Å²) in [5, 5.41) is 27.6. The molecule has 0 amide bonds. The Morgan fingerprint density at radius 2 is 1.76 bits per heavy atom. The van der Waals surface area contributed by atoms with E-state index in [1.165, 1.54) is 31.8 Å². The van der Waals surface area contributed by atoms with Crippen molar-refractivity contribution in [3.8, 4) is 28.8 Å². The monoisotopic (exact) mass is 545 g/mol. The lowest BCUT2D eigenvalue weighted by Crippen LogP contribution is -2.28. The largest absolute Gasteiger partial charge is 0.494 e. The summed E-state index contributed by atoms with van der Waals surface area (Å²) < 4.78 is 59.1. The van der Waals surface area contributed by atoms with Crippen molar-refractivity contribution in [3.63, 3.8) is 0 Å². The van der Waals surface area contributed by atoms with Crippen LogP contribution in [0.5, 0.6) is 11.5 Å². The minimum absolute atomic E-state index is 0.0254. The van der Waals surface area contributed by atoms with Crippen molar-refractivity contribution < 1.29 is 36.9 Å². The molecule has 0 aliphatic rings. The van der Waals surface area contributed by atoms with Crippen LogP contribution in [-0.2, 0) is 22.2 Å². The normalized spacial score (nSPS) is 13.3. The van der Waals surface area contributed by atoms with Gasteiger partial charge in [-0.1, -0.05) is 12.1 Å². The van der Waals surface area contributed by atoms with E-state index in [1.54, 1.807) is 37.3 Å². The summed E-state index contributed by atoms with van der Waals surface area (Å²) in [5.41, 5.74) is 0.576. The van der Waals surface area contributed by atoms with Crippen LogP contribution in [0.2, 0.25) is 0 Å². The molecule has 0 bridgehead atoms. The first-order chi connectivity index (χ1) is 18.1. The van der Waals surface area contributed by atoms with E-state index in [2.05, 4.69) is 10.2 Å². The van der Waals surface area contributed by atoms with Gasteiger partial charge in [0.15, 0.2) is 21.4 Å². The van der Waals surface area contributed by atoms with Crippen molar-refractivity contribution in [1.29, 1.82) is 0 Å². The zero-order valence-corrected chi connectivity index (χ0v) is 22.1. The number of hydrogen-bond donors (Lipinski definition) is 2. The highest BCUT2D eigenvalue weighted by Gasteiger charge is 2.34. The van der Waals surface area contributed by atoms with Gasteiger partial charge in [-0.05, 0) is 61.4 Å². The molecular formula is C26H28FN3O7S. The van der Waals surface area contributed by atoms with Crippen molar-refractivity contribution in [3.05, 3.63) is 77.1 Å². The Hall–Kier alpha value is -3.74. The van der Waals surface area contributed by atoms with Crippen molar-refractivity contribution in [2.45, 2.75) is 37.6 Å². The quantitative estimate of drug-likeness (QED) is 0.307. The maximum absolute atomic E-state index is 13.6. The van der Waals surface area contributed by atoms with E-state index in [4.69, 9.17) is 13.9 Å². The number of para-hydroxylation sites is 1. The van der Waals surface area contributed by atoms with E-state index in [-0.39, 0.29) is 22.8 Å². The van der Waals surface area contributed by atoms with Crippen LogP contribution in [-0.4, -0.2) is 52.9 Å². The molecule has 2 N–H and O–H groups in total. The molecule has 4 aromatic rings. The van der Waals surface area contributed by atoms with Crippen molar-refractivity contribution in [1.82, 2.24) is 14.8 Å². The molecule has 202 valence electrons. The third-order valence-electron chi connectivity index (χ3n) is 6.25. The van der Waals surface area contributed by atoms with E-state index in [0.717, 1.165) is 12.1 Å². The fraction of sp³-hybridized carbons (Fsp3) is 0.308. The molecule has 0 aliphatic heterocycles. The van der Waals surface area contributed by atoms with Gasteiger partial charge in [-0.3, -0.25) is 4.57 Å². The number of aromatic nitrogens is 3. The summed E-state index contributed by atoms with van der Waals surface area (Å²) >= 11 is 0. The molecule has 0 spiro atoms. The van der Waals surface area contributed by atoms with Gasteiger partial charge in [0, 0.05) is 0 Å². The summed E-state index contributed by atoms with van der Waals surface area (Å²) in [6.45, 7) is 2.54. The first-order valence-electron chi connectivity index (χ1n) is 11.6. The number of halogens is 1. The van der Waals surface area contributed by atoms with Gasteiger partial charge in [-0.25, -0.2) is 12.8 Å². The second kappa shape index (κ2) is 10.9. The minimum Gasteiger partial charge on any atom is -0.494 e. The molecular weight excluding hydrogens is 517 g/mol. The number of furan rings is 1. The number of hydrogen-bond acceptors (Lipinski definition) is 9. The van der Waals surface area contributed by atoms with Gasteiger partial charge < -0.3 is 24.1 Å². The molecule has 0 aliphatic carbocycles. The van der Waals surface area contributed by atoms with Crippen molar-refractivity contribution in [2.24, 2.45) is 0 Å². The molecule has 2 heterocycles. The third-order valence-corrected chi connectivity index (χ3v) is 8.30. The number of benzene rings is 2. The summed E-state index contributed by atoms with van der Waals surface area (Å²) in [5.74, 6) is 0.732. The van der Waals surface area contributed by atoms with Crippen LogP contribution >= 0.6 is 0 Å². The molecule has 10 nitrogen and oxygen atoms in total. The van der Waals surface area contributed by atoms with Gasteiger partial charge in [0.1, 0.15) is 34.5 Å². The number of aryl methyl sites for hydroxylation is 1. The second-order valence-electron chi connectivity index (χ2n) is 8.66. The molecule has 4 rings (SSSR count). The molecule has 38 heavy (non-hydrogen) atoms. The number of rotatable bonds is 10. The van der Waals surface area contributed by atoms with E-state index in [1.807, 2.05) is 0 Å². The Morgan fingerprint density at radius 1 is 1.08 bits per heavy atom. The van der Waals surface area contributed by atoms with Crippen molar-refractivity contribution >= 4 is 9.84 Å². The highest BCUT2D eigenvalue weighted by atomic mass is 32.2. The average Bonchev–Trinajstić information content (AvgIpc) is 3.52. The third kappa shape index (κ3) is 5.15. The molecule has 2 atom stereocenters. The van der Waals surface area contributed by atoms with E-state index >= 15 is 0 Å². The topological polar surface area (TPSA) is 137 Å². The first kappa shape index (κ1) is 27.3. The number of sulfone groups is 1. The summed E-state index contributed by atoms with van der Waals surface area (Å²) in [7, 11) is -1.15. The summed E-state index contributed by atoms with van der Waals surface area (Å²) in [6.07, 6.45) is -1.54. The zero-order valence-electron chi connectivity index (χ0n) is 21.3. The Bertz CT molecular complexity index is 1530. The van der Waals surface area contributed by atoms with Crippen LogP contribution < -0.4 is 9.47 Å². The Kier molecular flexibility index (Phi) is 7.86. The molecule has 2 aromatic carbocycles. The molecule has 0 fully saturated rings. The predicted octanol–water partition coefficient (Wildman–Crippen LogP) is 3.52. The van der Waals surface area contributed by atoms with Gasteiger partial charge in [0.2, 0.25) is 5.82 Å². The zero-order chi connectivity index (χ0) is 27.6. The molecule has 0 radical (unpaired) electrons. The molecule has 2 aromatic heterocycles. The van der Waals surface area contributed by atoms with Gasteiger partial charge in [-0.15, -0.1) is 10.2 Å². The van der Waals surface area contributed by atoms with Gasteiger partial charge in [0.25, 0.3) is 0 Å². The maximum Gasteiger partial charge on any atom is 0.204 e. The molecule has 0 saturated heterocycles. The van der Waals surface area contributed by atoms with E-state index < -0.39 is 39.4 Å². The number of nitrogens with zero attached hydrogens (tertiary/aromatic N) is 3. The summed E-state index contributed by atoms with van der Waals surface area (Å²) in [4.78, 5) is 0. The molecule has 0 unspecified atom stereocenters. The van der Waals surface area contributed by atoms with Gasteiger partial charge >= 0.3 is 0 Å². The fourth-order valence-electron chi connectivity index (χ4n) is 4.17. The predicted molar refractivity (Wildman–Crippen MR) is 136 cm³/mol. The van der Waals surface area contributed by atoms with Crippen LogP contribution in [0.1, 0.15) is 35.7 Å². The van der Waals surface area contributed by atoms with Crippen LogP contribution in [0.25, 0.3) is 17.3 Å². The smallest absolute Gasteiger partial charge is 0.204 e. The maximum atomic E-state index is 13.6. The Balaban J connectivity index is 1.81. The van der Waals surface area contributed by atoms with E-state index in [0.29, 0.717) is 28.7 Å². The number of aliphatic hydroxyl groups is 2. The lowest BCUT2D eigenvalue weighted by molar-refractivity contribution is 0.171. The van der Waals surface area contributed by atoms with Crippen molar-refractivity contribution in [2.75, 3.05) is 14.2 Å². The van der Waals surface area contributed by atoms with Crippen LogP contribution in [0.15, 0.2) is 52.9 Å². The lowest BCUT2D eigenvalue weighted by atomic mass is 10.0. The average molecular weight is 546 g/mol. The SMILES string of the molecule is COc1cccc(OC)c1-n1c(CS(=O)(=O)[C@@H](C)[C@@H](O)c2ccc(F)cc2CO)nnc1-c1ccc(C)o1. The van der Waals surface area contributed by atoms with Crippen LogP contribution in [0, 0.1) is 12.7 Å². The standard InChI is InChI=1S/C26H28FN3O7S/c1-15-8-11-22(37-15)26-29-28-23(30(26)24-20(35-3)6-5-7-21(24)36-4)14-38(33,34)16(2)25(32)19-10-9-18(27)12-17(19)13-31/h5-12,16,25,31-32H,13-14H2,1-4H3/t16-,25+/m0/s1. The van der Waals surface area contributed by atoms with Crippen LogP contribution in [0.4, 0.5) is 4.39 Å². The minimum atomic E-state index is -4.09. The highest BCUT2D eigenvalue weighted by molar-refractivity contribution is 7.91. The first-order valence-corrected chi connectivity index (χ1v) is 13.3. The lowest BCUT2D eigenvalue weighted by Gasteiger charge is -2.22. The number of ether oxygens (including phenoxy) is 2. The Labute approximate surface area is 219 Å². The number of aliphatic hydroxyl groups excluding tert-OH is 2. The van der Waals surface area contributed by atoms with Crippen LogP contribution in [0.3, 0.4) is 0 Å². The second-order valence-corrected chi connectivity index (χ2v) is 11.0.